The first-order valence-electron chi connectivity index (χ1n) is 5.06. The van der Waals surface area contributed by atoms with Gasteiger partial charge in [-0.2, -0.15) is 0 Å². The molecule has 0 saturated heterocycles. The maximum absolute atomic E-state index is 11.7. The zero-order valence-corrected chi connectivity index (χ0v) is 12.1. The monoisotopic (exact) mass is 277 g/mol. The number of hydrogen-bond donors (Lipinski definition) is 0. The predicted octanol–water partition coefficient (Wildman–Crippen LogP) is -0.129. The molecule has 0 radical (unpaired) electrons. The van der Waals surface area contributed by atoms with Crippen molar-refractivity contribution in [1.29, 1.82) is 0 Å². The van der Waals surface area contributed by atoms with Crippen molar-refractivity contribution in [3.05, 3.63) is 12.4 Å². The average Bonchev–Trinajstić information content (AvgIpc) is 2.31. The van der Waals surface area contributed by atoms with Crippen LogP contribution in [-0.2, 0) is 19.4 Å². The van der Waals surface area contributed by atoms with Gasteiger partial charge in [-0.3, -0.25) is 4.79 Å². The summed E-state index contributed by atoms with van der Waals surface area (Å²) < 4.78 is 28.4. The van der Waals surface area contributed by atoms with Gasteiger partial charge >= 0.3 is 0 Å². The second-order valence-electron chi connectivity index (χ2n) is 3.75. The number of hydrogen-bond acceptors (Lipinski definition) is 5. The van der Waals surface area contributed by atoms with Gasteiger partial charge in [-0.1, -0.05) is 6.58 Å². The van der Waals surface area contributed by atoms with Crippen LogP contribution in [0.15, 0.2) is 17.4 Å². The molecule has 1 amide bonds. The SMILES string of the molecule is C=C(N=C(N(C)C(C)OC)S(C)(=O)=O)N(C)C=O. The van der Waals surface area contributed by atoms with E-state index in [0.29, 0.717) is 6.41 Å². The molecule has 7 nitrogen and oxygen atoms in total. The van der Waals surface area contributed by atoms with Crippen LogP contribution in [-0.4, -0.2) is 63.5 Å². The topological polar surface area (TPSA) is 79.3 Å². The molecule has 0 aliphatic heterocycles. The van der Waals surface area contributed by atoms with E-state index in [2.05, 4.69) is 11.6 Å². The highest BCUT2D eigenvalue weighted by molar-refractivity contribution is 8.05. The second-order valence-corrected chi connectivity index (χ2v) is 5.65. The Morgan fingerprint density at radius 3 is 2.28 bits per heavy atom. The lowest BCUT2D eigenvalue weighted by molar-refractivity contribution is -0.115. The molecule has 0 aliphatic carbocycles. The zero-order chi connectivity index (χ0) is 14.5. The number of ether oxygens (including phenoxy) is 1. The minimum absolute atomic E-state index is 0.0283. The van der Waals surface area contributed by atoms with Crippen molar-refractivity contribution in [2.24, 2.45) is 4.99 Å². The van der Waals surface area contributed by atoms with Gasteiger partial charge in [-0.15, -0.1) is 0 Å². The molecule has 0 fully saturated rings. The fourth-order valence-corrected chi connectivity index (χ4v) is 1.93. The molecule has 0 spiro atoms. The Labute approximate surface area is 108 Å². The molecular formula is C10H19N3O4S. The highest BCUT2D eigenvalue weighted by Crippen LogP contribution is 2.08. The molecule has 0 rings (SSSR count). The third kappa shape index (κ3) is 4.46. The summed E-state index contributed by atoms with van der Waals surface area (Å²) in [5.74, 6) is 0.0283. The van der Waals surface area contributed by atoms with Crippen LogP contribution in [0.4, 0.5) is 0 Å². The summed E-state index contributed by atoms with van der Waals surface area (Å²) in [6.07, 6.45) is 1.04. The molecule has 0 aromatic heterocycles. The van der Waals surface area contributed by atoms with E-state index >= 15 is 0 Å². The predicted molar refractivity (Wildman–Crippen MR) is 69.5 cm³/mol. The van der Waals surface area contributed by atoms with Crippen molar-refractivity contribution in [2.75, 3.05) is 27.5 Å². The maximum atomic E-state index is 11.7. The normalized spacial score (nSPS) is 13.9. The van der Waals surface area contributed by atoms with Crippen molar-refractivity contribution < 1.29 is 17.9 Å². The number of nitrogens with zero attached hydrogens (tertiary/aromatic N) is 3. The first-order chi connectivity index (χ1) is 8.15. The van der Waals surface area contributed by atoms with Crippen LogP contribution >= 0.6 is 0 Å². The summed E-state index contributed by atoms with van der Waals surface area (Å²) >= 11 is 0. The molecule has 0 bridgehead atoms. The second kappa shape index (κ2) is 6.50. The maximum Gasteiger partial charge on any atom is 0.226 e. The number of amidine groups is 1. The lowest BCUT2D eigenvalue weighted by Gasteiger charge is -2.26. The van der Waals surface area contributed by atoms with Crippen LogP contribution in [0.2, 0.25) is 0 Å². The van der Waals surface area contributed by atoms with Crippen LogP contribution in [0, 0.1) is 0 Å². The molecule has 1 unspecified atom stereocenters. The Balaban J connectivity index is 5.46. The molecule has 0 heterocycles. The van der Waals surface area contributed by atoms with Crippen molar-refractivity contribution in [2.45, 2.75) is 13.2 Å². The van der Waals surface area contributed by atoms with Gasteiger partial charge in [0.1, 0.15) is 12.0 Å². The lowest BCUT2D eigenvalue weighted by Crippen LogP contribution is -2.40. The van der Waals surface area contributed by atoms with Gasteiger partial charge in [-0.05, 0) is 6.92 Å². The molecule has 8 heteroatoms. The van der Waals surface area contributed by atoms with Crippen LogP contribution in [0.25, 0.3) is 0 Å². The van der Waals surface area contributed by atoms with Crippen molar-refractivity contribution in [3.8, 4) is 0 Å². The van der Waals surface area contributed by atoms with Gasteiger partial charge in [0, 0.05) is 27.5 Å². The highest BCUT2D eigenvalue weighted by atomic mass is 32.2. The van der Waals surface area contributed by atoms with Crippen molar-refractivity contribution >= 4 is 21.4 Å². The van der Waals surface area contributed by atoms with Crippen molar-refractivity contribution in [3.63, 3.8) is 0 Å². The number of sulfone groups is 1. The van der Waals surface area contributed by atoms with E-state index in [1.165, 1.54) is 26.1 Å². The molecule has 0 aromatic rings. The number of carbonyl (C=O) groups is 1. The number of amides is 1. The van der Waals surface area contributed by atoms with E-state index in [1.54, 1.807) is 6.92 Å². The molecule has 18 heavy (non-hydrogen) atoms. The van der Waals surface area contributed by atoms with Crippen LogP contribution in [0.5, 0.6) is 0 Å². The lowest BCUT2D eigenvalue weighted by atomic mass is 10.6. The first-order valence-corrected chi connectivity index (χ1v) is 6.95. The van der Waals surface area contributed by atoms with Gasteiger partial charge in [0.25, 0.3) is 0 Å². The molecule has 0 N–H and O–H groups in total. The van der Waals surface area contributed by atoms with E-state index in [4.69, 9.17) is 4.74 Å². The largest absolute Gasteiger partial charge is 0.362 e. The molecular weight excluding hydrogens is 258 g/mol. The van der Waals surface area contributed by atoms with E-state index in [9.17, 15) is 13.2 Å². The first kappa shape index (κ1) is 16.6. The molecule has 0 aromatic carbocycles. The Kier molecular flexibility index (Phi) is 5.99. The summed E-state index contributed by atoms with van der Waals surface area (Å²) in [6, 6.07) is 0. The number of aliphatic imine (C=N–C) groups is 1. The van der Waals surface area contributed by atoms with Crippen LogP contribution < -0.4 is 0 Å². The smallest absolute Gasteiger partial charge is 0.226 e. The van der Waals surface area contributed by atoms with Gasteiger partial charge in [0.15, 0.2) is 0 Å². The molecule has 0 saturated carbocycles. The number of rotatable bonds is 5. The van der Waals surface area contributed by atoms with Gasteiger partial charge in [0.2, 0.25) is 21.4 Å². The van der Waals surface area contributed by atoms with Crippen molar-refractivity contribution in [1.82, 2.24) is 9.80 Å². The van der Waals surface area contributed by atoms with Gasteiger partial charge in [-0.25, -0.2) is 13.4 Å². The quantitative estimate of drug-likeness (QED) is 0.303. The molecule has 0 aliphatic rings. The van der Waals surface area contributed by atoms with E-state index in [0.717, 1.165) is 11.2 Å². The summed E-state index contributed by atoms with van der Waals surface area (Å²) in [5, 5.41) is -0.212. The minimum Gasteiger partial charge on any atom is -0.362 e. The Bertz CT molecular complexity index is 444. The van der Waals surface area contributed by atoms with Crippen LogP contribution in [0.1, 0.15) is 6.92 Å². The van der Waals surface area contributed by atoms with Crippen LogP contribution in [0.3, 0.4) is 0 Å². The number of methoxy groups -OCH3 is 1. The van der Waals surface area contributed by atoms with Gasteiger partial charge < -0.3 is 14.5 Å². The third-order valence-corrected chi connectivity index (χ3v) is 3.35. The molecule has 104 valence electrons. The fraction of sp³-hybridized carbons (Fsp3) is 0.600. The number of carbonyl (C=O) groups excluding carboxylic acids is 1. The minimum atomic E-state index is -3.56. The van der Waals surface area contributed by atoms with E-state index in [1.807, 2.05) is 0 Å². The van der Waals surface area contributed by atoms with E-state index < -0.39 is 16.1 Å². The Morgan fingerprint density at radius 2 is 1.94 bits per heavy atom. The third-order valence-electron chi connectivity index (χ3n) is 2.31. The summed E-state index contributed by atoms with van der Waals surface area (Å²) in [4.78, 5) is 16.8. The zero-order valence-electron chi connectivity index (χ0n) is 11.2. The average molecular weight is 277 g/mol. The summed E-state index contributed by atoms with van der Waals surface area (Å²) in [5.41, 5.74) is 0. The summed E-state index contributed by atoms with van der Waals surface area (Å²) in [6.45, 7) is 5.20. The fourth-order valence-electron chi connectivity index (χ4n) is 0.987. The van der Waals surface area contributed by atoms with Gasteiger partial charge in [0.05, 0.1) is 0 Å². The highest BCUT2D eigenvalue weighted by Gasteiger charge is 2.23. The summed E-state index contributed by atoms with van der Waals surface area (Å²) in [7, 11) is 0.847. The van der Waals surface area contributed by atoms with E-state index in [-0.39, 0.29) is 11.0 Å². The Hall–Kier alpha value is -1.41. The standard InChI is InChI=1S/C10H19N3O4S/c1-8(12(3)7-14)11-10(18(6,15)16)13(4)9(2)17-5/h7,9H,1H2,2-6H3. The Morgan fingerprint density at radius 1 is 1.44 bits per heavy atom. The molecule has 1 atom stereocenters.